The first kappa shape index (κ1) is 13.2. The summed E-state index contributed by atoms with van der Waals surface area (Å²) >= 11 is 0. The Morgan fingerprint density at radius 2 is 2.06 bits per heavy atom. The number of nitrogens with zero attached hydrogens (tertiary/aromatic N) is 2. The van der Waals surface area contributed by atoms with Crippen molar-refractivity contribution < 1.29 is 5.11 Å². The first-order chi connectivity index (χ1) is 7.29. The minimum atomic E-state index is -0.383. The molecule has 1 rings (SSSR count). The summed E-state index contributed by atoms with van der Waals surface area (Å²) in [5.41, 5.74) is 2.19. The molecule has 1 atom stereocenters. The van der Waals surface area contributed by atoms with Crippen molar-refractivity contribution in [1.29, 1.82) is 0 Å². The molecule has 0 aliphatic rings. The lowest BCUT2D eigenvalue weighted by Gasteiger charge is -2.23. The minimum Gasteiger partial charge on any atom is -0.390 e. The molecule has 0 amide bonds. The van der Waals surface area contributed by atoms with Gasteiger partial charge in [-0.15, -0.1) is 0 Å². The van der Waals surface area contributed by atoms with Gasteiger partial charge in [-0.25, -0.2) is 4.98 Å². The van der Waals surface area contributed by atoms with Crippen molar-refractivity contribution >= 4 is 0 Å². The predicted octanol–water partition coefficient (Wildman–Crippen LogP) is 1.25. The van der Waals surface area contributed by atoms with Gasteiger partial charge < -0.3 is 15.0 Å². The summed E-state index contributed by atoms with van der Waals surface area (Å²) in [5, 5.41) is 13.2. The van der Waals surface area contributed by atoms with Crippen molar-refractivity contribution in [1.82, 2.24) is 14.9 Å². The second-order valence-corrected chi connectivity index (χ2v) is 5.35. The Morgan fingerprint density at radius 1 is 1.44 bits per heavy atom. The summed E-state index contributed by atoms with van der Waals surface area (Å²) in [6.45, 7) is 11.5. The third-order valence-electron chi connectivity index (χ3n) is 2.62. The highest BCUT2D eigenvalue weighted by Gasteiger charge is 2.13. The number of aliphatic hydroxyl groups excluding tert-OH is 1. The molecule has 0 aliphatic heterocycles. The summed E-state index contributed by atoms with van der Waals surface area (Å²) < 4.78 is 1.99. The average molecular weight is 225 g/mol. The van der Waals surface area contributed by atoms with E-state index in [1.54, 1.807) is 6.33 Å². The van der Waals surface area contributed by atoms with Crippen LogP contribution in [0.5, 0.6) is 0 Å². The zero-order valence-electron chi connectivity index (χ0n) is 10.9. The molecule has 0 saturated carbocycles. The SMILES string of the molecule is Cc1ncn(CC(O)CNC(C)(C)C)c1C. The van der Waals surface area contributed by atoms with Crippen molar-refractivity contribution in [3.05, 3.63) is 17.7 Å². The van der Waals surface area contributed by atoms with Gasteiger partial charge in [0.2, 0.25) is 0 Å². The third kappa shape index (κ3) is 3.94. The number of nitrogens with one attached hydrogen (secondary N) is 1. The van der Waals surface area contributed by atoms with Crippen LogP contribution in [-0.4, -0.2) is 32.8 Å². The van der Waals surface area contributed by atoms with E-state index in [9.17, 15) is 5.11 Å². The fraction of sp³-hybridized carbons (Fsp3) is 0.750. The maximum atomic E-state index is 9.89. The Hall–Kier alpha value is -0.870. The molecule has 4 heteroatoms. The summed E-state index contributed by atoms with van der Waals surface area (Å²) in [6.07, 6.45) is 1.40. The van der Waals surface area contributed by atoms with Gasteiger partial charge in [-0.1, -0.05) is 0 Å². The van der Waals surface area contributed by atoms with E-state index in [2.05, 4.69) is 31.1 Å². The van der Waals surface area contributed by atoms with Crippen LogP contribution in [0.15, 0.2) is 6.33 Å². The minimum absolute atomic E-state index is 0.0425. The maximum Gasteiger partial charge on any atom is 0.0952 e. The lowest BCUT2D eigenvalue weighted by molar-refractivity contribution is 0.141. The molecule has 92 valence electrons. The summed E-state index contributed by atoms with van der Waals surface area (Å²) in [7, 11) is 0. The Bertz CT molecular complexity index is 339. The highest BCUT2D eigenvalue weighted by molar-refractivity contribution is 5.08. The van der Waals surface area contributed by atoms with Crippen molar-refractivity contribution in [2.24, 2.45) is 0 Å². The summed E-state index contributed by atoms with van der Waals surface area (Å²) in [5.74, 6) is 0. The first-order valence-electron chi connectivity index (χ1n) is 5.71. The summed E-state index contributed by atoms with van der Waals surface area (Å²) in [4.78, 5) is 4.21. The number of aromatic nitrogens is 2. The molecular weight excluding hydrogens is 202 g/mol. The molecule has 1 aromatic rings. The van der Waals surface area contributed by atoms with E-state index in [1.165, 1.54) is 0 Å². The van der Waals surface area contributed by atoms with Gasteiger partial charge in [0.1, 0.15) is 0 Å². The third-order valence-corrected chi connectivity index (χ3v) is 2.62. The number of imidazole rings is 1. The molecule has 0 fully saturated rings. The highest BCUT2D eigenvalue weighted by atomic mass is 16.3. The van der Waals surface area contributed by atoms with E-state index in [4.69, 9.17) is 0 Å². The van der Waals surface area contributed by atoms with Gasteiger partial charge in [0.25, 0.3) is 0 Å². The average Bonchev–Trinajstić information content (AvgIpc) is 2.46. The first-order valence-corrected chi connectivity index (χ1v) is 5.71. The van der Waals surface area contributed by atoms with Crippen molar-refractivity contribution in [2.45, 2.75) is 52.8 Å². The van der Waals surface area contributed by atoms with Crippen LogP contribution in [-0.2, 0) is 6.54 Å². The van der Waals surface area contributed by atoms with Crippen LogP contribution < -0.4 is 5.32 Å². The smallest absolute Gasteiger partial charge is 0.0952 e. The van der Waals surface area contributed by atoms with Crippen molar-refractivity contribution in [3.63, 3.8) is 0 Å². The lowest BCUT2D eigenvalue weighted by Crippen LogP contribution is -2.42. The quantitative estimate of drug-likeness (QED) is 0.811. The number of hydrogen-bond donors (Lipinski definition) is 2. The molecule has 0 aliphatic carbocycles. The zero-order chi connectivity index (χ0) is 12.3. The zero-order valence-corrected chi connectivity index (χ0v) is 10.9. The van der Waals surface area contributed by atoms with E-state index in [1.807, 2.05) is 18.4 Å². The van der Waals surface area contributed by atoms with E-state index >= 15 is 0 Å². The molecule has 2 N–H and O–H groups in total. The van der Waals surface area contributed by atoms with Gasteiger partial charge in [0.15, 0.2) is 0 Å². The topological polar surface area (TPSA) is 50.1 Å². The number of aryl methyl sites for hydroxylation is 1. The van der Waals surface area contributed by atoms with Crippen LogP contribution in [0, 0.1) is 13.8 Å². The van der Waals surface area contributed by atoms with E-state index in [0.29, 0.717) is 13.1 Å². The summed E-state index contributed by atoms with van der Waals surface area (Å²) in [6, 6.07) is 0. The van der Waals surface area contributed by atoms with Gasteiger partial charge in [0, 0.05) is 17.8 Å². The Kier molecular flexibility index (Phi) is 4.10. The van der Waals surface area contributed by atoms with Gasteiger partial charge >= 0.3 is 0 Å². The van der Waals surface area contributed by atoms with Crippen molar-refractivity contribution in [2.75, 3.05) is 6.54 Å². The molecule has 0 radical (unpaired) electrons. The normalized spacial score (nSPS) is 14.1. The standard InChI is InChI=1S/C12H23N3O/c1-9-10(2)15(8-13-9)7-11(16)6-14-12(3,4)5/h8,11,14,16H,6-7H2,1-5H3. The van der Waals surface area contributed by atoms with Gasteiger partial charge in [-0.05, 0) is 34.6 Å². The van der Waals surface area contributed by atoms with Crippen LogP contribution in [0.25, 0.3) is 0 Å². The van der Waals surface area contributed by atoms with Crippen LogP contribution in [0.3, 0.4) is 0 Å². The molecule has 16 heavy (non-hydrogen) atoms. The fourth-order valence-corrected chi connectivity index (χ4v) is 1.44. The number of aliphatic hydroxyl groups is 1. The molecule has 1 aromatic heterocycles. The van der Waals surface area contributed by atoms with Crippen molar-refractivity contribution in [3.8, 4) is 0 Å². The molecule has 0 spiro atoms. The molecule has 0 saturated heterocycles. The van der Waals surface area contributed by atoms with E-state index in [0.717, 1.165) is 11.4 Å². The molecular formula is C12H23N3O. The molecule has 0 aromatic carbocycles. The number of β-amino-alcohol motifs (C(OH)–C–C–N with tert-alkyl or cyclic N) is 1. The van der Waals surface area contributed by atoms with E-state index < -0.39 is 0 Å². The second kappa shape index (κ2) is 4.97. The number of rotatable bonds is 4. The van der Waals surface area contributed by atoms with Gasteiger partial charge in [-0.3, -0.25) is 0 Å². The van der Waals surface area contributed by atoms with E-state index in [-0.39, 0.29) is 11.6 Å². The Balaban J connectivity index is 2.46. The van der Waals surface area contributed by atoms with Crippen LogP contribution in [0.1, 0.15) is 32.2 Å². The number of hydrogen-bond acceptors (Lipinski definition) is 3. The highest BCUT2D eigenvalue weighted by Crippen LogP contribution is 2.05. The van der Waals surface area contributed by atoms with Crippen LogP contribution in [0.4, 0.5) is 0 Å². The second-order valence-electron chi connectivity index (χ2n) is 5.35. The van der Waals surface area contributed by atoms with Crippen LogP contribution in [0.2, 0.25) is 0 Å². The Labute approximate surface area is 97.7 Å². The Morgan fingerprint density at radius 3 is 2.50 bits per heavy atom. The van der Waals surface area contributed by atoms with Gasteiger partial charge in [-0.2, -0.15) is 0 Å². The largest absolute Gasteiger partial charge is 0.390 e. The molecule has 0 bridgehead atoms. The monoisotopic (exact) mass is 225 g/mol. The maximum absolute atomic E-state index is 9.89. The fourth-order valence-electron chi connectivity index (χ4n) is 1.44. The van der Waals surface area contributed by atoms with Crippen LogP contribution >= 0.6 is 0 Å². The molecule has 4 nitrogen and oxygen atoms in total. The van der Waals surface area contributed by atoms with Gasteiger partial charge in [0.05, 0.1) is 24.7 Å². The lowest BCUT2D eigenvalue weighted by atomic mass is 10.1. The molecule has 1 unspecified atom stereocenters. The predicted molar refractivity (Wildman–Crippen MR) is 65.5 cm³/mol. The molecule has 1 heterocycles.